The van der Waals surface area contributed by atoms with Crippen molar-refractivity contribution in [2.45, 2.75) is 179 Å². The molecule has 11 nitrogen and oxygen atoms in total. The van der Waals surface area contributed by atoms with Gasteiger partial charge in [0, 0.05) is 44.5 Å². The Morgan fingerprint density at radius 2 is 0.609 bits per heavy atom. The maximum atomic E-state index is 11.2. The van der Waals surface area contributed by atoms with Crippen molar-refractivity contribution < 1.29 is 55.9 Å². The second kappa shape index (κ2) is 28.3. The van der Waals surface area contributed by atoms with E-state index >= 15 is 0 Å². The van der Waals surface area contributed by atoms with Crippen LogP contribution in [0.3, 0.4) is 0 Å². The number of carbonyl (C=O) groups is 1. The zero-order valence-corrected chi connectivity index (χ0v) is 55.2. The number of aryl methyl sites for hydroxylation is 4. The van der Waals surface area contributed by atoms with Crippen molar-refractivity contribution in [3.8, 4) is 85.1 Å². The van der Waals surface area contributed by atoms with Gasteiger partial charge in [0.05, 0.1) is 0 Å². The second-order valence-corrected chi connectivity index (χ2v) is 27.5. The molecule has 8 aromatic carbocycles. The van der Waals surface area contributed by atoms with E-state index in [4.69, 9.17) is 0 Å². The Morgan fingerprint density at radius 1 is 0.322 bits per heavy atom. The summed E-state index contributed by atoms with van der Waals surface area (Å²) in [4.78, 5) is 11.2. The molecule has 0 aliphatic rings. The largest absolute Gasteiger partial charge is 0.507 e. The van der Waals surface area contributed by atoms with Gasteiger partial charge in [0.25, 0.3) is 0 Å². The van der Waals surface area contributed by atoms with E-state index in [1.165, 1.54) is 0 Å². The molecule has 466 valence electrons. The summed E-state index contributed by atoms with van der Waals surface area (Å²) in [6, 6.07) is 38.1. The highest BCUT2D eigenvalue weighted by atomic mass is 16.4. The first-order chi connectivity index (χ1) is 39.9. The van der Waals surface area contributed by atoms with E-state index < -0.39 is 5.97 Å². The lowest BCUT2D eigenvalue weighted by Crippen LogP contribution is -2.18. The number of benzene rings is 8. The van der Waals surface area contributed by atoms with Gasteiger partial charge in [-0.2, -0.15) is 0 Å². The molecule has 0 saturated carbocycles. The minimum Gasteiger partial charge on any atom is -0.507 e. The zero-order valence-electron chi connectivity index (χ0n) is 55.2. The molecule has 0 radical (unpaired) electrons. The SMILES string of the molecule is CC(C)(C)c1cc(C(=O)O)c(O)c(C(C)(C)C)c1.CC(C)(C)c1ccc(O)c(-c2cc(C(C)(C)C)ccc2O)c1.Cc1c(C(C)C)cc(C(C)C)c(O)c1O.Cc1ccc(O)c(-c2cc(C)ccc2O)c1.Cc1ccc(O)c(-c2cc(C)ccc2O)c1. The molecular formula is C76H96O11. The van der Waals surface area contributed by atoms with Crippen LogP contribution in [0.4, 0.5) is 0 Å². The van der Waals surface area contributed by atoms with E-state index in [2.05, 4.69) is 55.4 Å². The molecule has 0 amide bonds. The maximum absolute atomic E-state index is 11.2. The number of carboxylic acids is 1. The highest BCUT2D eigenvalue weighted by molar-refractivity contribution is 5.92. The van der Waals surface area contributed by atoms with Gasteiger partial charge in [0.2, 0.25) is 0 Å². The molecule has 0 bridgehead atoms. The third-order valence-corrected chi connectivity index (χ3v) is 15.1. The van der Waals surface area contributed by atoms with Gasteiger partial charge in [0.15, 0.2) is 11.5 Å². The summed E-state index contributed by atoms with van der Waals surface area (Å²) in [5.74, 6) is 0.548. The molecule has 0 atom stereocenters. The van der Waals surface area contributed by atoms with Gasteiger partial charge >= 0.3 is 5.97 Å². The maximum Gasteiger partial charge on any atom is 0.339 e. The van der Waals surface area contributed by atoms with E-state index in [9.17, 15) is 55.9 Å². The molecule has 0 fully saturated rings. The molecule has 8 aromatic rings. The highest BCUT2D eigenvalue weighted by Crippen LogP contribution is 2.44. The van der Waals surface area contributed by atoms with Gasteiger partial charge in [-0.05, 0) is 175 Å². The number of hydrogen-bond donors (Lipinski definition) is 10. The van der Waals surface area contributed by atoms with Crippen molar-refractivity contribution in [1.82, 2.24) is 0 Å². The third-order valence-electron chi connectivity index (χ3n) is 15.1. The van der Waals surface area contributed by atoms with Crippen LogP contribution in [0.1, 0.15) is 194 Å². The van der Waals surface area contributed by atoms with Crippen LogP contribution in [0.2, 0.25) is 0 Å². The van der Waals surface area contributed by atoms with E-state index in [-0.39, 0.29) is 84.9 Å². The zero-order chi connectivity index (χ0) is 66.2. The topological polar surface area (TPSA) is 219 Å². The van der Waals surface area contributed by atoms with Gasteiger partial charge < -0.3 is 51.1 Å². The van der Waals surface area contributed by atoms with Crippen molar-refractivity contribution in [2.24, 2.45) is 0 Å². The first-order valence-electron chi connectivity index (χ1n) is 29.5. The van der Waals surface area contributed by atoms with Crippen LogP contribution < -0.4 is 0 Å². The Labute approximate surface area is 517 Å². The smallest absolute Gasteiger partial charge is 0.339 e. The molecule has 0 spiro atoms. The highest BCUT2D eigenvalue weighted by Gasteiger charge is 2.27. The Hall–Kier alpha value is -8.57. The predicted octanol–water partition coefficient (Wildman–Crippen LogP) is 19.5. The van der Waals surface area contributed by atoms with Gasteiger partial charge in [-0.15, -0.1) is 0 Å². The average Bonchev–Trinajstić information content (AvgIpc) is 1.03. The van der Waals surface area contributed by atoms with Gasteiger partial charge in [-0.3, -0.25) is 0 Å². The molecule has 87 heavy (non-hydrogen) atoms. The number of aromatic hydroxyl groups is 9. The quantitative estimate of drug-likeness (QED) is 0.0706. The Bertz CT molecular complexity index is 3410. The first-order valence-corrected chi connectivity index (χ1v) is 29.5. The van der Waals surface area contributed by atoms with Crippen LogP contribution in [-0.2, 0) is 21.7 Å². The van der Waals surface area contributed by atoms with Crippen LogP contribution >= 0.6 is 0 Å². The molecule has 0 aliphatic carbocycles. The number of phenols is 9. The van der Waals surface area contributed by atoms with E-state index in [1.807, 2.05) is 175 Å². The molecular weight excluding hydrogens is 1090 g/mol. The minimum atomic E-state index is -1.09. The summed E-state index contributed by atoms with van der Waals surface area (Å²) >= 11 is 0. The summed E-state index contributed by atoms with van der Waals surface area (Å²) < 4.78 is 0. The molecule has 0 saturated heterocycles. The molecule has 11 heteroatoms. The summed E-state index contributed by atoms with van der Waals surface area (Å²) in [5.41, 5.74) is 14.3. The normalized spacial score (nSPS) is 11.5. The van der Waals surface area contributed by atoms with Crippen molar-refractivity contribution in [1.29, 1.82) is 0 Å². The fourth-order valence-electron chi connectivity index (χ4n) is 9.54. The van der Waals surface area contributed by atoms with E-state index in [1.54, 1.807) is 42.5 Å². The Balaban J connectivity index is 0.000000234. The van der Waals surface area contributed by atoms with Crippen LogP contribution in [0.5, 0.6) is 51.7 Å². The predicted molar refractivity (Wildman–Crippen MR) is 357 cm³/mol. The number of carboxylic acid groups (broad SMARTS) is 1. The summed E-state index contributed by atoms with van der Waals surface area (Å²) in [6.45, 7) is 42.6. The van der Waals surface area contributed by atoms with Crippen LogP contribution in [-0.4, -0.2) is 57.0 Å². The summed E-state index contributed by atoms with van der Waals surface area (Å²) in [7, 11) is 0. The standard InChI is InChI=1S/C20H26O2.C15H22O3.2C14H14O2.C13H20O2/c1-19(2,3)13-7-9-17(21)15(11-13)16-12-14(20(4,5)6)8-10-18(16)22;1-14(2,3)9-7-10(13(17)18)12(16)11(8-9)15(4,5)6;2*1-9-3-5-13(15)11(7-9)12-8-10(2)4-6-14(12)16;1-7(2)10-6-11(8(3)4)13(15)12(14)9(10)5/h7-12,21-22H,1-6H3;7-8,16H,1-6H3,(H,17,18);2*3-8,15-16H,1-2H3;6-8,14-15H,1-5H3. The number of rotatable bonds is 6. The van der Waals surface area contributed by atoms with Gasteiger partial charge in [0.1, 0.15) is 45.8 Å². The third kappa shape index (κ3) is 18.7. The van der Waals surface area contributed by atoms with Crippen LogP contribution in [0.15, 0.2) is 127 Å². The number of hydrogen-bond acceptors (Lipinski definition) is 10. The minimum absolute atomic E-state index is 0.0142. The molecule has 8 rings (SSSR count). The summed E-state index contributed by atoms with van der Waals surface area (Å²) in [6.07, 6.45) is 0. The van der Waals surface area contributed by atoms with Crippen molar-refractivity contribution in [3.63, 3.8) is 0 Å². The second-order valence-electron chi connectivity index (χ2n) is 27.5. The van der Waals surface area contributed by atoms with Crippen LogP contribution in [0.25, 0.3) is 33.4 Å². The number of aromatic carboxylic acids is 1. The van der Waals surface area contributed by atoms with E-state index in [0.717, 1.165) is 55.6 Å². The van der Waals surface area contributed by atoms with Gasteiger partial charge in [-0.1, -0.05) is 182 Å². The monoisotopic (exact) mass is 1180 g/mol. The first kappa shape index (κ1) is 70.9. The van der Waals surface area contributed by atoms with E-state index in [0.29, 0.717) is 44.9 Å². The lowest BCUT2D eigenvalue weighted by atomic mass is 9.79. The molecule has 10 N–H and O–H groups in total. The molecule has 0 aromatic heterocycles. The fraction of sp³-hybridized carbons (Fsp3) is 0.355. The van der Waals surface area contributed by atoms with Crippen molar-refractivity contribution in [3.05, 3.63) is 194 Å². The molecule has 0 heterocycles. The van der Waals surface area contributed by atoms with Crippen molar-refractivity contribution in [2.75, 3.05) is 0 Å². The average molecular weight is 1190 g/mol. The summed E-state index contributed by atoms with van der Waals surface area (Å²) in [5, 5.41) is 98.6. The molecule has 0 unspecified atom stereocenters. The van der Waals surface area contributed by atoms with Gasteiger partial charge in [-0.25, -0.2) is 4.79 Å². The number of phenolic OH excluding ortho intramolecular Hbond substituents is 8. The Morgan fingerprint density at radius 3 is 0.874 bits per heavy atom. The Kier molecular flexibility index (Phi) is 23.1. The lowest BCUT2D eigenvalue weighted by Gasteiger charge is -2.26. The van der Waals surface area contributed by atoms with Crippen LogP contribution in [0, 0.1) is 34.6 Å². The van der Waals surface area contributed by atoms with Crippen molar-refractivity contribution >= 4 is 5.97 Å². The molecule has 0 aliphatic heterocycles. The fourth-order valence-corrected chi connectivity index (χ4v) is 9.54. The lowest BCUT2D eigenvalue weighted by molar-refractivity contribution is 0.0693.